The molecule has 0 aromatic heterocycles. The molecule has 0 heterocycles. The van der Waals surface area contributed by atoms with Crippen LogP contribution in [-0.2, 0) is 28.6 Å². The molecule has 0 aliphatic carbocycles. The molecule has 2 aromatic carbocycles. The van der Waals surface area contributed by atoms with Gasteiger partial charge in [-0.05, 0) is 16.8 Å². The van der Waals surface area contributed by atoms with Gasteiger partial charge < -0.3 is 19.5 Å². The van der Waals surface area contributed by atoms with Crippen LogP contribution in [0, 0.1) is 5.92 Å². The van der Waals surface area contributed by atoms with Crippen molar-refractivity contribution in [3.05, 3.63) is 48.0 Å². The Morgan fingerprint density at radius 2 is 1.50 bits per heavy atom. The van der Waals surface area contributed by atoms with E-state index in [9.17, 15) is 19.2 Å². The molecule has 0 unspecified atom stereocenters. The molecule has 0 aliphatic rings. The van der Waals surface area contributed by atoms with Crippen molar-refractivity contribution >= 4 is 34.6 Å². The molecule has 0 saturated carbocycles. The lowest BCUT2D eigenvalue weighted by Crippen LogP contribution is -2.50. The van der Waals surface area contributed by atoms with Crippen LogP contribution in [0.2, 0.25) is 0 Å². The summed E-state index contributed by atoms with van der Waals surface area (Å²) in [5.74, 6) is -4.36. The van der Waals surface area contributed by atoms with Crippen molar-refractivity contribution in [3.63, 3.8) is 0 Å². The third-order valence-corrected chi connectivity index (χ3v) is 4.30. The normalized spacial score (nSPS) is 12.5. The summed E-state index contributed by atoms with van der Waals surface area (Å²) < 4.78 is 14.0. The van der Waals surface area contributed by atoms with Crippen molar-refractivity contribution in [2.75, 3.05) is 21.3 Å². The van der Waals surface area contributed by atoms with Gasteiger partial charge in [-0.2, -0.15) is 0 Å². The first-order valence-electron chi connectivity index (χ1n) is 8.44. The van der Waals surface area contributed by atoms with Gasteiger partial charge in [0.1, 0.15) is 6.04 Å². The Labute approximate surface area is 161 Å². The van der Waals surface area contributed by atoms with Crippen molar-refractivity contribution in [1.82, 2.24) is 5.32 Å². The highest BCUT2D eigenvalue weighted by Crippen LogP contribution is 2.20. The molecule has 0 saturated heterocycles. The quantitative estimate of drug-likeness (QED) is 0.566. The van der Waals surface area contributed by atoms with Crippen molar-refractivity contribution in [3.8, 4) is 0 Å². The Morgan fingerprint density at radius 3 is 2.14 bits per heavy atom. The lowest BCUT2D eigenvalue weighted by atomic mass is 9.95. The van der Waals surface area contributed by atoms with E-state index in [0.29, 0.717) is 10.9 Å². The summed E-state index contributed by atoms with van der Waals surface area (Å²) in [5.41, 5.74) is 0.314. The lowest BCUT2D eigenvalue weighted by Gasteiger charge is -2.23. The zero-order valence-corrected chi connectivity index (χ0v) is 15.8. The molecule has 8 heteroatoms. The molecule has 0 spiro atoms. The Kier molecular flexibility index (Phi) is 7.08. The van der Waals surface area contributed by atoms with Crippen LogP contribution in [0.3, 0.4) is 0 Å². The highest BCUT2D eigenvalue weighted by molar-refractivity contribution is 6.08. The van der Waals surface area contributed by atoms with Gasteiger partial charge in [0.15, 0.2) is 0 Å². The number of nitrogens with one attached hydrogen (secondary N) is 1. The average Bonchev–Trinajstić information content (AvgIpc) is 2.74. The topological polar surface area (TPSA) is 108 Å². The fraction of sp³-hybridized carbons (Fsp3) is 0.300. The van der Waals surface area contributed by atoms with Gasteiger partial charge in [0.25, 0.3) is 5.91 Å². The predicted octanol–water partition coefficient (Wildman–Crippen LogP) is 1.46. The molecule has 2 rings (SSSR count). The van der Waals surface area contributed by atoms with E-state index in [1.54, 1.807) is 24.3 Å². The minimum Gasteiger partial charge on any atom is -0.469 e. The third kappa shape index (κ3) is 4.64. The molecule has 8 nitrogen and oxygen atoms in total. The highest BCUT2D eigenvalue weighted by atomic mass is 16.5. The van der Waals surface area contributed by atoms with Gasteiger partial charge in [0.05, 0.1) is 33.7 Å². The molecule has 148 valence electrons. The van der Waals surface area contributed by atoms with E-state index in [-0.39, 0.29) is 0 Å². The number of carbonyl (C=O) groups is 4. The summed E-state index contributed by atoms with van der Waals surface area (Å²) in [7, 11) is 3.39. The number of rotatable bonds is 7. The monoisotopic (exact) mass is 387 g/mol. The summed E-state index contributed by atoms with van der Waals surface area (Å²) in [6.07, 6.45) is -0.460. The van der Waals surface area contributed by atoms with Gasteiger partial charge in [-0.15, -0.1) is 0 Å². The Bertz CT molecular complexity index is 888. The van der Waals surface area contributed by atoms with E-state index >= 15 is 0 Å². The number of amides is 1. The predicted molar refractivity (Wildman–Crippen MR) is 99.4 cm³/mol. The molecule has 2 aromatic rings. The molecule has 0 radical (unpaired) electrons. The van der Waals surface area contributed by atoms with E-state index in [1.807, 2.05) is 18.2 Å². The van der Waals surface area contributed by atoms with Crippen molar-refractivity contribution in [2.24, 2.45) is 5.92 Å². The number of fused-ring (bicyclic) bond motifs is 1. The largest absolute Gasteiger partial charge is 0.469 e. The smallest absolute Gasteiger partial charge is 0.329 e. The van der Waals surface area contributed by atoms with Crippen LogP contribution in [-0.4, -0.2) is 51.2 Å². The van der Waals surface area contributed by atoms with E-state index in [0.717, 1.165) is 26.7 Å². The number of ether oxygens (including phenoxy) is 3. The number of methoxy groups -OCH3 is 3. The summed E-state index contributed by atoms with van der Waals surface area (Å²) in [6.45, 7) is 0. The first-order valence-corrected chi connectivity index (χ1v) is 8.44. The summed E-state index contributed by atoms with van der Waals surface area (Å²) in [5, 5.41) is 4.01. The van der Waals surface area contributed by atoms with Crippen LogP contribution in [0.4, 0.5) is 0 Å². The van der Waals surface area contributed by atoms with Crippen LogP contribution in [0.25, 0.3) is 10.8 Å². The van der Waals surface area contributed by atoms with E-state index in [1.165, 1.54) is 0 Å². The van der Waals surface area contributed by atoms with Gasteiger partial charge in [-0.3, -0.25) is 14.4 Å². The van der Waals surface area contributed by atoms with Crippen molar-refractivity contribution in [2.45, 2.75) is 12.5 Å². The molecule has 0 bridgehead atoms. The Morgan fingerprint density at radius 1 is 0.857 bits per heavy atom. The fourth-order valence-corrected chi connectivity index (χ4v) is 2.84. The van der Waals surface area contributed by atoms with Gasteiger partial charge in [-0.25, -0.2) is 4.79 Å². The molecule has 0 fully saturated rings. The highest BCUT2D eigenvalue weighted by Gasteiger charge is 2.38. The van der Waals surface area contributed by atoms with E-state index < -0.39 is 42.2 Å². The zero-order valence-electron chi connectivity index (χ0n) is 15.8. The van der Waals surface area contributed by atoms with Crippen LogP contribution in [0.15, 0.2) is 42.5 Å². The molecular weight excluding hydrogens is 366 g/mol. The first-order chi connectivity index (χ1) is 13.4. The number of hydrogen-bond donors (Lipinski definition) is 1. The standard InChI is InChI=1S/C20H21NO7/c1-26-16(22)11-15(19(24)27-2)17(20(25)28-3)21-18(23)14-10-6-8-12-7-4-5-9-13(12)14/h4-10,15,17H,11H2,1-3H3,(H,21,23)/t15-,17-/m0/s1. The molecule has 28 heavy (non-hydrogen) atoms. The maximum absolute atomic E-state index is 12.9. The van der Waals surface area contributed by atoms with Gasteiger partial charge in [-0.1, -0.05) is 36.4 Å². The summed E-state index contributed by atoms with van der Waals surface area (Å²) in [6, 6.07) is 11.0. The second-order valence-electron chi connectivity index (χ2n) is 5.91. The van der Waals surface area contributed by atoms with Crippen LogP contribution < -0.4 is 5.32 Å². The third-order valence-electron chi connectivity index (χ3n) is 4.30. The molecule has 0 aliphatic heterocycles. The average molecular weight is 387 g/mol. The first kappa shape index (κ1) is 20.9. The number of hydrogen-bond acceptors (Lipinski definition) is 7. The Balaban J connectivity index is 2.39. The molecular formula is C20H21NO7. The summed E-state index contributed by atoms with van der Waals surface area (Å²) >= 11 is 0. The second-order valence-corrected chi connectivity index (χ2v) is 5.91. The van der Waals surface area contributed by atoms with E-state index in [4.69, 9.17) is 4.74 Å². The minimum atomic E-state index is -1.43. The van der Waals surface area contributed by atoms with E-state index in [2.05, 4.69) is 14.8 Å². The SMILES string of the molecule is COC(=O)C[C@H](C(=O)OC)[C@H](NC(=O)c1cccc2ccccc12)C(=O)OC. The van der Waals surface area contributed by atoms with Crippen molar-refractivity contribution < 1.29 is 33.4 Å². The number of esters is 3. The molecule has 1 amide bonds. The van der Waals surface area contributed by atoms with Gasteiger partial charge >= 0.3 is 17.9 Å². The number of benzene rings is 2. The lowest BCUT2D eigenvalue weighted by molar-refractivity contribution is -0.158. The minimum absolute atomic E-state index is 0.314. The van der Waals surface area contributed by atoms with Gasteiger partial charge in [0.2, 0.25) is 0 Å². The second kappa shape index (κ2) is 9.50. The molecule has 2 atom stereocenters. The van der Waals surface area contributed by atoms with Crippen LogP contribution in [0.5, 0.6) is 0 Å². The van der Waals surface area contributed by atoms with Crippen LogP contribution in [0.1, 0.15) is 16.8 Å². The zero-order chi connectivity index (χ0) is 20.7. The van der Waals surface area contributed by atoms with Gasteiger partial charge in [0, 0.05) is 5.56 Å². The molecule has 1 N–H and O–H groups in total. The van der Waals surface area contributed by atoms with Crippen molar-refractivity contribution in [1.29, 1.82) is 0 Å². The maximum atomic E-state index is 12.9. The maximum Gasteiger partial charge on any atom is 0.329 e. The van der Waals surface area contributed by atoms with Crippen LogP contribution >= 0.6 is 0 Å². The number of carbonyl (C=O) groups excluding carboxylic acids is 4. The summed E-state index contributed by atoms with van der Waals surface area (Å²) in [4.78, 5) is 49.0. The Hall–Kier alpha value is -3.42. The fourth-order valence-electron chi connectivity index (χ4n) is 2.84.